The van der Waals surface area contributed by atoms with Gasteiger partial charge >= 0.3 is 0 Å². The summed E-state index contributed by atoms with van der Waals surface area (Å²) in [5.41, 5.74) is 1.73. The lowest BCUT2D eigenvalue weighted by molar-refractivity contribution is 0.0911. The van der Waals surface area contributed by atoms with Crippen molar-refractivity contribution in [2.45, 2.75) is 13.8 Å². The van der Waals surface area contributed by atoms with Gasteiger partial charge in [-0.25, -0.2) is 9.97 Å². The number of fused-ring (bicyclic) bond motifs is 1. The highest BCUT2D eigenvalue weighted by Crippen LogP contribution is 2.33. The van der Waals surface area contributed by atoms with E-state index in [4.69, 9.17) is 4.74 Å². The van der Waals surface area contributed by atoms with Crippen LogP contribution in [-0.4, -0.2) is 26.9 Å². The lowest BCUT2D eigenvalue weighted by Gasteiger charge is -2.07. The lowest BCUT2D eigenvalue weighted by atomic mass is 10.2. The summed E-state index contributed by atoms with van der Waals surface area (Å²) in [6, 6.07) is 3.61. The fraction of sp³-hybridized carbons (Fsp3) is 0.267. The highest BCUT2D eigenvalue weighted by atomic mass is 32.1. The van der Waals surface area contributed by atoms with E-state index in [9.17, 15) is 4.79 Å². The van der Waals surface area contributed by atoms with Crippen molar-refractivity contribution in [1.29, 1.82) is 0 Å². The second kappa shape index (κ2) is 5.29. The molecule has 3 rings (SSSR count). The number of ketones is 1. The van der Waals surface area contributed by atoms with E-state index in [2.05, 4.69) is 9.97 Å². The molecular weight excluding hydrogens is 286 g/mol. The molecule has 0 amide bonds. The van der Waals surface area contributed by atoms with Crippen LogP contribution in [-0.2, 0) is 7.05 Å². The van der Waals surface area contributed by atoms with E-state index < -0.39 is 0 Å². The quantitative estimate of drug-likeness (QED) is 0.695. The first-order valence-electron chi connectivity index (χ1n) is 6.56. The molecule has 0 N–H and O–H groups in total. The molecule has 0 fully saturated rings. The summed E-state index contributed by atoms with van der Waals surface area (Å²) in [4.78, 5) is 22.6. The van der Waals surface area contributed by atoms with Crippen LogP contribution >= 0.6 is 11.3 Å². The van der Waals surface area contributed by atoms with Gasteiger partial charge in [-0.1, -0.05) is 0 Å². The number of aromatic nitrogens is 3. The standard InChI is InChI=1S/C15H15N3O2S/c1-9-10(2)21-15-13(9)14(16-8-17-15)20-7-12(19)11-5-4-6-18(11)3/h4-6,8H,7H2,1-3H3. The second-order valence-corrected chi connectivity index (χ2v) is 6.06. The number of thiophene rings is 1. The Labute approximate surface area is 126 Å². The van der Waals surface area contributed by atoms with Crippen LogP contribution in [0.25, 0.3) is 10.2 Å². The zero-order valence-corrected chi connectivity index (χ0v) is 12.9. The molecule has 5 nitrogen and oxygen atoms in total. The van der Waals surface area contributed by atoms with Crippen molar-refractivity contribution in [2.24, 2.45) is 7.05 Å². The van der Waals surface area contributed by atoms with Crippen LogP contribution in [0.3, 0.4) is 0 Å². The van der Waals surface area contributed by atoms with Crippen molar-refractivity contribution in [3.05, 3.63) is 40.8 Å². The van der Waals surface area contributed by atoms with Crippen molar-refractivity contribution in [1.82, 2.24) is 14.5 Å². The van der Waals surface area contributed by atoms with Crippen molar-refractivity contribution < 1.29 is 9.53 Å². The van der Waals surface area contributed by atoms with Crippen LogP contribution in [0.15, 0.2) is 24.7 Å². The largest absolute Gasteiger partial charge is 0.469 e. The normalized spacial score (nSPS) is 11.0. The molecule has 0 bridgehead atoms. The molecule has 21 heavy (non-hydrogen) atoms. The molecule has 3 aromatic heterocycles. The van der Waals surface area contributed by atoms with Gasteiger partial charge in [0.2, 0.25) is 11.7 Å². The summed E-state index contributed by atoms with van der Waals surface area (Å²) in [6.45, 7) is 4.03. The molecule has 0 aliphatic heterocycles. The number of carbonyl (C=O) groups is 1. The maximum Gasteiger partial charge on any atom is 0.226 e. The highest BCUT2D eigenvalue weighted by Gasteiger charge is 2.15. The van der Waals surface area contributed by atoms with Crippen LogP contribution < -0.4 is 4.74 Å². The maximum atomic E-state index is 12.1. The van der Waals surface area contributed by atoms with E-state index in [1.54, 1.807) is 22.0 Å². The van der Waals surface area contributed by atoms with Crippen LogP contribution in [0.1, 0.15) is 20.9 Å². The number of hydrogen-bond acceptors (Lipinski definition) is 5. The fourth-order valence-electron chi connectivity index (χ4n) is 2.22. The first kappa shape index (κ1) is 13.8. The number of ether oxygens (including phenoxy) is 1. The van der Waals surface area contributed by atoms with E-state index in [1.165, 1.54) is 11.2 Å². The third kappa shape index (κ3) is 2.42. The van der Waals surface area contributed by atoms with Crippen molar-refractivity contribution in [3.8, 4) is 5.88 Å². The van der Waals surface area contributed by atoms with Crippen LogP contribution in [0.5, 0.6) is 5.88 Å². The van der Waals surface area contributed by atoms with E-state index in [1.807, 2.05) is 33.2 Å². The van der Waals surface area contributed by atoms with Crippen molar-refractivity contribution >= 4 is 27.3 Å². The molecule has 0 aliphatic carbocycles. The van der Waals surface area contributed by atoms with E-state index >= 15 is 0 Å². The predicted octanol–water partition coefficient (Wildman–Crippen LogP) is 2.91. The van der Waals surface area contributed by atoms with Gasteiger partial charge in [-0.2, -0.15) is 0 Å². The third-order valence-corrected chi connectivity index (χ3v) is 4.62. The number of carbonyl (C=O) groups excluding carboxylic acids is 1. The molecule has 0 atom stereocenters. The number of Topliss-reactive ketones (excluding diaryl/α,β-unsaturated/α-hetero) is 1. The van der Waals surface area contributed by atoms with Crippen molar-refractivity contribution in [3.63, 3.8) is 0 Å². The average molecular weight is 301 g/mol. The number of rotatable bonds is 4. The molecule has 0 saturated carbocycles. The molecular formula is C15H15N3O2S. The van der Waals surface area contributed by atoms with Gasteiger partial charge < -0.3 is 9.30 Å². The minimum Gasteiger partial charge on any atom is -0.469 e. The van der Waals surface area contributed by atoms with Crippen LogP contribution in [0, 0.1) is 13.8 Å². The summed E-state index contributed by atoms with van der Waals surface area (Å²) in [5.74, 6) is 0.406. The number of nitrogens with zero attached hydrogens (tertiary/aromatic N) is 3. The summed E-state index contributed by atoms with van der Waals surface area (Å²) >= 11 is 1.61. The van der Waals surface area contributed by atoms with Gasteiger partial charge in [0.05, 0.1) is 11.1 Å². The highest BCUT2D eigenvalue weighted by molar-refractivity contribution is 7.18. The van der Waals surface area contributed by atoms with E-state index in [0.29, 0.717) is 11.6 Å². The molecule has 108 valence electrons. The van der Waals surface area contributed by atoms with Gasteiger partial charge in [0, 0.05) is 18.1 Å². The Bertz CT molecular complexity index is 820. The Morgan fingerprint density at radius 3 is 2.90 bits per heavy atom. The van der Waals surface area contributed by atoms with Gasteiger partial charge in [-0.15, -0.1) is 11.3 Å². The first-order valence-corrected chi connectivity index (χ1v) is 7.37. The zero-order chi connectivity index (χ0) is 15.0. The van der Waals surface area contributed by atoms with Crippen LogP contribution in [0.2, 0.25) is 0 Å². The molecule has 3 aromatic rings. The predicted molar refractivity (Wildman–Crippen MR) is 82.1 cm³/mol. The Hall–Kier alpha value is -2.21. The second-order valence-electron chi connectivity index (χ2n) is 4.86. The molecule has 0 unspecified atom stereocenters. The Kier molecular flexibility index (Phi) is 3.47. The number of aryl methyl sites for hydroxylation is 3. The SMILES string of the molecule is Cc1sc2ncnc(OCC(=O)c3cccn3C)c2c1C. The summed E-state index contributed by atoms with van der Waals surface area (Å²) < 4.78 is 7.43. The third-order valence-electron chi connectivity index (χ3n) is 3.50. The van der Waals surface area contributed by atoms with Gasteiger partial charge in [-0.05, 0) is 31.5 Å². The smallest absolute Gasteiger partial charge is 0.226 e. The minimum absolute atomic E-state index is 0.0295. The van der Waals surface area contributed by atoms with Crippen LogP contribution in [0.4, 0.5) is 0 Å². The van der Waals surface area contributed by atoms with Crippen molar-refractivity contribution in [2.75, 3.05) is 6.61 Å². The Morgan fingerprint density at radius 2 is 2.19 bits per heavy atom. The van der Waals surface area contributed by atoms with E-state index in [0.717, 1.165) is 15.8 Å². The fourth-order valence-corrected chi connectivity index (χ4v) is 3.21. The molecule has 3 heterocycles. The number of hydrogen-bond donors (Lipinski definition) is 0. The minimum atomic E-state index is -0.0705. The van der Waals surface area contributed by atoms with E-state index in [-0.39, 0.29) is 12.4 Å². The Morgan fingerprint density at radius 1 is 1.38 bits per heavy atom. The molecule has 0 aromatic carbocycles. The molecule has 0 spiro atoms. The van der Waals surface area contributed by atoms with Gasteiger partial charge in [0.1, 0.15) is 11.2 Å². The van der Waals surface area contributed by atoms with Gasteiger partial charge in [-0.3, -0.25) is 4.79 Å². The Balaban J connectivity index is 1.86. The molecule has 6 heteroatoms. The first-order chi connectivity index (χ1) is 10.1. The van der Waals surface area contributed by atoms with Gasteiger partial charge in [0.25, 0.3) is 0 Å². The molecule has 0 aliphatic rings. The molecule has 0 radical (unpaired) electrons. The van der Waals surface area contributed by atoms with Gasteiger partial charge in [0.15, 0.2) is 6.61 Å². The summed E-state index contributed by atoms with van der Waals surface area (Å²) in [7, 11) is 1.84. The summed E-state index contributed by atoms with van der Waals surface area (Å²) in [6.07, 6.45) is 3.31. The summed E-state index contributed by atoms with van der Waals surface area (Å²) in [5, 5.41) is 0.902. The zero-order valence-electron chi connectivity index (χ0n) is 12.1. The average Bonchev–Trinajstić information content (AvgIpc) is 3.01. The topological polar surface area (TPSA) is 57.0 Å². The monoisotopic (exact) mass is 301 g/mol. The lowest BCUT2D eigenvalue weighted by Crippen LogP contribution is -2.15. The maximum absolute atomic E-state index is 12.1. The molecule has 0 saturated heterocycles.